The van der Waals surface area contributed by atoms with Crippen molar-refractivity contribution in [3.63, 3.8) is 0 Å². The molecule has 0 aliphatic carbocycles. The van der Waals surface area contributed by atoms with Crippen LogP contribution in [0.2, 0.25) is 5.02 Å². The maximum atomic E-state index is 5.89. The predicted octanol–water partition coefficient (Wildman–Crippen LogP) is 3.27. The van der Waals surface area contributed by atoms with Gasteiger partial charge < -0.3 is 10.6 Å². The van der Waals surface area contributed by atoms with E-state index in [1.54, 1.807) is 18.0 Å². The van der Waals surface area contributed by atoms with Crippen molar-refractivity contribution in [3.8, 4) is 0 Å². The van der Waals surface area contributed by atoms with E-state index in [0.717, 1.165) is 49.3 Å². The molecule has 0 fully saturated rings. The van der Waals surface area contributed by atoms with E-state index in [-0.39, 0.29) is 0 Å². The number of hydrogen-bond donors (Lipinski definition) is 2. The third-order valence-electron chi connectivity index (χ3n) is 3.20. The molecule has 0 unspecified atom stereocenters. The molecule has 0 saturated heterocycles. The Bertz CT molecular complexity index is 598. The van der Waals surface area contributed by atoms with Gasteiger partial charge in [0.1, 0.15) is 0 Å². The fraction of sp³-hybridized carbons (Fsp3) is 0.412. The molecule has 0 atom stereocenters. The smallest absolute Gasteiger partial charge is 0.191 e. The standard InChI is InChI=1S/C17H24ClN5S/c1-2-19-17(20-9-3-12-23-13-4-10-22-23)21-11-14-24-16-7-5-15(18)6-8-16/h4-8,10,13H,2-3,9,11-12,14H2,1H3,(H2,19,20,21). The Labute approximate surface area is 152 Å². The number of nitrogens with one attached hydrogen (secondary N) is 2. The zero-order chi connectivity index (χ0) is 17.0. The van der Waals surface area contributed by atoms with Crippen LogP contribution in [0.25, 0.3) is 0 Å². The molecule has 0 radical (unpaired) electrons. The lowest BCUT2D eigenvalue weighted by atomic mass is 10.4. The summed E-state index contributed by atoms with van der Waals surface area (Å²) in [7, 11) is 0. The van der Waals surface area contributed by atoms with Gasteiger partial charge >= 0.3 is 0 Å². The summed E-state index contributed by atoms with van der Waals surface area (Å²) in [5.74, 6) is 1.84. The van der Waals surface area contributed by atoms with Crippen LogP contribution >= 0.6 is 23.4 Å². The van der Waals surface area contributed by atoms with E-state index in [2.05, 4.69) is 27.6 Å². The first kappa shape index (κ1) is 18.7. The molecule has 0 bridgehead atoms. The fourth-order valence-electron chi connectivity index (χ4n) is 2.07. The van der Waals surface area contributed by atoms with Crippen molar-refractivity contribution in [1.82, 2.24) is 20.4 Å². The van der Waals surface area contributed by atoms with Crippen LogP contribution in [-0.4, -0.2) is 41.1 Å². The number of aromatic nitrogens is 2. The van der Waals surface area contributed by atoms with Crippen molar-refractivity contribution >= 4 is 29.3 Å². The molecule has 0 saturated carbocycles. The van der Waals surface area contributed by atoms with Crippen LogP contribution in [0.15, 0.2) is 52.6 Å². The Kier molecular flexibility index (Phi) is 8.55. The number of rotatable bonds is 9. The minimum Gasteiger partial charge on any atom is -0.357 e. The molecule has 0 spiro atoms. The van der Waals surface area contributed by atoms with E-state index in [1.165, 1.54) is 4.90 Å². The normalized spacial score (nSPS) is 11.5. The average Bonchev–Trinajstić information content (AvgIpc) is 3.10. The Morgan fingerprint density at radius 2 is 2.12 bits per heavy atom. The van der Waals surface area contributed by atoms with Gasteiger partial charge in [-0.25, -0.2) is 0 Å². The van der Waals surface area contributed by atoms with Crippen molar-refractivity contribution in [1.29, 1.82) is 0 Å². The number of nitrogens with zero attached hydrogens (tertiary/aromatic N) is 3. The summed E-state index contributed by atoms with van der Waals surface area (Å²) in [6, 6.07) is 9.86. The summed E-state index contributed by atoms with van der Waals surface area (Å²) in [5, 5.41) is 11.6. The lowest BCUT2D eigenvalue weighted by Crippen LogP contribution is -2.38. The molecule has 0 aliphatic heterocycles. The van der Waals surface area contributed by atoms with Crippen LogP contribution in [0.3, 0.4) is 0 Å². The van der Waals surface area contributed by atoms with Gasteiger partial charge in [-0.1, -0.05) is 11.6 Å². The molecule has 2 rings (SSSR count). The predicted molar refractivity (Wildman–Crippen MR) is 103 cm³/mol. The van der Waals surface area contributed by atoms with Gasteiger partial charge in [-0.2, -0.15) is 5.10 Å². The summed E-state index contributed by atoms with van der Waals surface area (Å²) < 4.78 is 1.93. The van der Waals surface area contributed by atoms with Crippen molar-refractivity contribution in [2.45, 2.75) is 24.8 Å². The molecule has 0 aliphatic rings. The number of hydrogen-bond acceptors (Lipinski definition) is 3. The highest BCUT2D eigenvalue weighted by molar-refractivity contribution is 7.99. The van der Waals surface area contributed by atoms with Crippen LogP contribution in [0, 0.1) is 0 Å². The summed E-state index contributed by atoms with van der Waals surface area (Å²) >= 11 is 7.69. The van der Waals surface area contributed by atoms with Gasteiger partial charge in [0.25, 0.3) is 0 Å². The van der Waals surface area contributed by atoms with Gasteiger partial charge in [0.05, 0.1) is 0 Å². The minimum atomic E-state index is 0.772. The Balaban J connectivity index is 1.65. The maximum absolute atomic E-state index is 5.89. The van der Waals surface area contributed by atoms with Gasteiger partial charge in [-0.3, -0.25) is 9.67 Å². The second-order valence-electron chi connectivity index (χ2n) is 5.11. The number of guanidine groups is 1. The van der Waals surface area contributed by atoms with Gasteiger partial charge in [-0.15, -0.1) is 11.8 Å². The summed E-state index contributed by atoms with van der Waals surface area (Å²) in [4.78, 5) is 5.82. The van der Waals surface area contributed by atoms with Gasteiger partial charge in [0.2, 0.25) is 0 Å². The van der Waals surface area contributed by atoms with Crippen LogP contribution in [0.4, 0.5) is 0 Å². The lowest BCUT2D eigenvalue weighted by molar-refractivity contribution is 0.584. The van der Waals surface area contributed by atoms with Gasteiger partial charge in [0, 0.05) is 54.2 Å². The van der Waals surface area contributed by atoms with E-state index in [0.29, 0.717) is 0 Å². The van der Waals surface area contributed by atoms with E-state index in [4.69, 9.17) is 11.6 Å². The highest BCUT2D eigenvalue weighted by Crippen LogP contribution is 2.19. The Hall–Kier alpha value is -1.66. The van der Waals surface area contributed by atoms with E-state index < -0.39 is 0 Å². The molecule has 1 aromatic heterocycles. The summed E-state index contributed by atoms with van der Waals surface area (Å²) in [5.41, 5.74) is 0. The van der Waals surface area contributed by atoms with Crippen molar-refractivity contribution in [2.24, 2.45) is 4.99 Å². The first-order valence-corrected chi connectivity index (χ1v) is 9.52. The third-order valence-corrected chi connectivity index (χ3v) is 4.46. The van der Waals surface area contributed by atoms with Gasteiger partial charge in [-0.05, 0) is 43.7 Å². The first-order chi connectivity index (χ1) is 11.8. The molecule has 5 nitrogen and oxygen atoms in total. The maximum Gasteiger partial charge on any atom is 0.191 e. The minimum absolute atomic E-state index is 0.772. The SMILES string of the molecule is CCNC(=NCCCn1cccn1)NCCSc1ccc(Cl)cc1. The molecule has 130 valence electrons. The van der Waals surface area contributed by atoms with Crippen LogP contribution < -0.4 is 10.6 Å². The zero-order valence-electron chi connectivity index (χ0n) is 13.9. The topological polar surface area (TPSA) is 54.2 Å². The largest absolute Gasteiger partial charge is 0.357 e. The van der Waals surface area contributed by atoms with E-state index in [9.17, 15) is 0 Å². The molecule has 2 aromatic rings. The number of aliphatic imine (C=N–C) groups is 1. The first-order valence-electron chi connectivity index (χ1n) is 8.16. The molecule has 1 aromatic carbocycles. The van der Waals surface area contributed by atoms with Gasteiger partial charge in [0.15, 0.2) is 5.96 Å². The molecule has 7 heteroatoms. The fourth-order valence-corrected chi connectivity index (χ4v) is 2.96. The highest BCUT2D eigenvalue weighted by atomic mass is 35.5. The Morgan fingerprint density at radius 3 is 2.83 bits per heavy atom. The third kappa shape index (κ3) is 7.27. The average molecular weight is 366 g/mol. The van der Waals surface area contributed by atoms with Crippen molar-refractivity contribution < 1.29 is 0 Å². The second-order valence-corrected chi connectivity index (χ2v) is 6.72. The second kappa shape index (κ2) is 11.0. The molecule has 0 amide bonds. The highest BCUT2D eigenvalue weighted by Gasteiger charge is 1.98. The summed E-state index contributed by atoms with van der Waals surface area (Å²) in [6.45, 7) is 5.46. The van der Waals surface area contributed by atoms with Crippen LogP contribution in [0.1, 0.15) is 13.3 Å². The lowest BCUT2D eigenvalue weighted by Gasteiger charge is -2.11. The molecule has 2 N–H and O–H groups in total. The molecular formula is C17H24ClN5S. The number of benzene rings is 1. The van der Waals surface area contributed by atoms with E-state index in [1.807, 2.05) is 41.2 Å². The van der Waals surface area contributed by atoms with Crippen molar-refractivity contribution in [2.75, 3.05) is 25.4 Å². The van der Waals surface area contributed by atoms with Crippen molar-refractivity contribution in [3.05, 3.63) is 47.7 Å². The molecular weight excluding hydrogens is 342 g/mol. The zero-order valence-corrected chi connectivity index (χ0v) is 15.5. The molecule has 1 heterocycles. The molecule has 24 heavy (non-hydrogen) atoms. The Morgan fingerprint density at radius 1 is 1.29 bits per heavy atom. The van der Waals surface area contributed by atoms with Crippen LogP contribution in [-0.2, 0) is 6.54 Å². The van der Waals surface area contributed by atoms with Crippen LogP contribution in [0.5, 0.6) is 0 Å². The quantitative estimate of drug-likeness (QED) is 0.310. The number of halogens is 1. The number of aryl methyl sites for hydroxylation is 1. The van der Waals surface area contributed by atoms with E-state index >= 15 is 0 Å². The summed E-state index contributed by atoms with van der Waals surface area (Å²) in [6.07, 6.45) is 4.74. The monoisotopic (exact) mass is 365 g/mol. The number of thioether (sulfide) groups is 1.